The molecule has 2 heterocycles. The minimum Gasteiger partial charge on any atom is -0.474 e. The summed E-state index contributed by atoms with van der Waals surface area (Å²) in [4.78, 5) is 4.28. The Kier molecular flexibility index (Phi) is 5.67. The Morgan fingerprint density at radius 3 is 2.89 bits per heavy atom. The van der Waals surface area contributed by atoms with E-state index in [1.807, 2.05) is 12.1 Å². The molecule has 0 spiro atoms. The molecular formula is C15H20N2O2. The molecule has 0 aliphatic carbocycles. The zero-order valence-electron chi connectivity index (χ0n) is 11.1. The van der Waals surface area contributed by atoms with Crippen molar-refractivity contribution in [1.29, 1.82) is 0 Å². The van der Waals surface area contributed by atoms with Gasteiger partial charge < -0.3 is 15.2 Å². The fraction of sp³-hybridized carbons (Fsp3) is 0.533. The van der Waals surface area contributed by atoms with Gasteiger partial charge in [-0.15, -0.1) is 0 Å². The largest absolute Gasteiger partial charge is 0.474 e. The molecule has 0 aromatic carbocycles. The van der Waals surface area contributed by atoms with Crippen LogP contribution in [-0.4, -0.2) is 35.9 Å². The summed E-state index contributed by atoms with van der Waals surface area (Å²) in [6, 6.07) is 3.80. The lowest BCUT2D eigenvalue weighted by Crippen LogP contribution is -2.34. The fourth-order valence-electron chi connectivity index (χ4n) is 1.94. The number of hydrogen-bond acceptors (Lipinski definition) is 4. The van der Waals surface area contributed by atoms with E-state index in [1.165, 1.54) is 0 Å². The molecule has 1 aliphatic rings. The molecule has 0 bridgehead atoms. The molecule has 0 atom stereocenters. The molecule has 0 unspecified atom stereocenters. The summed E-state index contributed by atoms with van der Waals surface area (Å²) in [7, 11) is 0. The Balaban J connectivity index is 1.84. The molecule has 0 radical (unpaired) electrons. The van der Waals surface area contributed by atoms with Crippen molar-refractivity contribution in [2.45, 2.75) is 31.8 Å². The SMILES string of the molecule is OCCCC#Cc1ccc(OC2CCNCC2)nc1. The first-order chi connectivity index (χ1) is 9.38. The smallest absolute Gasteiger partial charge is 0.213 e. The van der Waals surface area contributed by atoms with Crippen LogP contribution in [0, 0.1) is 11.8 Å². The van der Waals surface area contributed by atoms with Gasteiger partial charge in [-0.05, 0) is 38.4 Å². The highest BCUT2D eigenvalue weighted by molar-refractivity contribution is 5.33. The van der Waals surface area contributed by atoms with Crippen LogP contribution in [0.2, 0.25) is 0 Å². The van der Waals surface area contributed by atoms with Crippen LogP contribution in [0.25, 0.3) is 0 Å². The molecule has 2 N–H and O–H groups in total. The Morgan fingerprint density at radius 2 is 2.21 bits per heavy atom. The molecule has 1 aromatic rings. The van der Waals surface area contributed by atoms with Crippen molar-refractivity contribution in [3.63, 3.8) is 0 Å². The van der Waals surface area contributed by atoms with Gasteiger partial charge in [0.05, 0.1) is 0 Å². The number of pyridine rings is 1. The van der Waals surface area contributed by atoms with Gasteiger partial charge in [0, 0.05) is 30.9 Å². The standard InChI is InChI=1S/C15H20N2O2/c18-11-3-1-2-4-13-5-6-15(17-12-13)19-14-7-9-16-10-8-14/h5-6,12,14,16,18H,1,3,7-11H2. The third-order valence-corrected chi connectivity index (χ3v) is 3.00. The number of nitrogens with zero attached hydrogens (tertiary/aromatic N) is 1. The van der Waals surface area contributed by atoms with E-state index in [1.54, 1.807) is 6.20 Å². The molecule has 19 heavy (non-hydrogen) atoms. The van der Waals surface area contributed by atoms with Crippen molar-refractivity contribution in [2.24, 2.45) is 0 Å². The quantitative estimate of drug-likeness (QED) is 0.633. The Morgan fingerprint density at radius 1 is 1.37 bits per heavy atom. The lowest BCUT2D eigenvalue weighted by atomic mass is 10.1. The van der Waals surface area contributed by atoms with Crippen LogP contribution in [0.5, 0.6) is 5.88 Å². The first kappa shape index (κ1) is 13.9. The molecule has 4 heteroatoms. The zero-order chi connectivity index (χ0) is 13.3. The molecular weight excluding hydrogens is 240 g/mol. The summed E-state index contributed by atoms with van der Waals surface area (Å²) in [5, 5.41) is 12.0. The number of unbranched alkanes of at least 4 members (excludes halogenated alkanes) is 1. The zero-order valence-corrected chi connectivity index (χ0v) is 11.1. The molecule has 0 amide bonds. The van der Waals surface area contributed by atoms with E-state index >= 15 is 0 Å². The maximum atomic E-state index is 8.65. The van der Waals surface area contributed by atoms with Crippen molar-refractivity contribution < 1.29 is 9.84 Å². The first-order valence-corrected chi connectivity index (χ1v) is 6.81. The molecule has 102 valence electrons. The van der Waals surface area contributed by atoms with E-state index in [0.29, 0.717) is 12.3 Å². The molecule has 0 saturated carbocycles. The molecule has 1 fully saturated rings. The van der Waals surface area contributed by atoms with Crippen LogP contribution in [-0.2, 0) is 0 Å². The van der Waals surface area contributed by atoms with Gasteiger partial charge in [0.1, 0.15) is 6.10 Å². The predicted molar refractivity (Wildman–Crippen MR) is 74.0 cm³/mol. The number of rotatable bonds is 4. The van der Waals surface area contributed by atoms with Crippen molar-refractivity contribution in [2.75, 3.05) is 19.7 Å². The number of piperidine rings is 1. The number of hydrogen-bond donors (Lipinski definition) is 2. The van der Waals surface area contributed by atoms with Crippen LogP contribution < -0.4 is 10.1 Å². The lowest BCUT2D eigenvalue weighted by molar-refractivity contribution is 0.156. The Hall–Kier alpha value is -1.57. The summed E-state index contributed by atoms with van der Waals surface area (Å²) in [6.45, 7) is 2.22. The maximum Gasteiger partial charge on any atom is 0.213 e. The second kappa shape index (κ2) is 7.78. The molecule has 1 saturated heterocycles. The van der Waals surface area contributed by atoms with Gasteiger partial charge in [0.25, 0.3) is 0 Å². The van der Waals surface area contributed by atoms with Crippen molar-refractivity contribution in [1.82, 2.24) is 10.3 Å². The molecule has 2 rings (SSSR count). The van der Waals surface area contributed by atoms with Crippen molar-refractivity contribution in [3.8, 4) is 17.7 Å². The molecule has 4 nitrogen and oxygen atoms in total. The van der Waals surface area contributed by atoms with Gasteiger partial charge in [0.15, 0.2) is 0 Å². The number of aliphatic hydroxyl groups excluding tert-OH is 1. The number of nitrogens with one attached hydrogen (secondary N) is 1. The Labute approximate surface area is 114 Å². The summed E-state index contributed by atoms with van der Waals surface area (Å²) < 4.78 is 5.82. The minimum absolute atomic E-state index is 0.190. The molecule has 1 aliphatic heterocycles. The van der Waals surface area contributed by atoms with Gasteiger partial charge in [-0.3, -0.25) is 0 Å². The topological polar surface area (TPSA) is 54.4 Å². The van der Waals surface area contributed by atoms with E-state index in [9.17, 15) is 0 Å². The first-order valence-electron chi connectivity index (χ1n) is 6.81. The second-order valence-corrected chi connectivity index (χ2v) is 4.58. The normalized spacial score (nSPS) is 15.6. The fourth-order valence-corrected chi connectivity index (χ4v) is 1.94. The summed E-state index contributed by atoms with van der Waals surface area (Å²) in [5.74, 6) is 6.70. The second-order valence-electron chi connectivity index (χ2n) is 4.58. The third kappa shape index (κ3) is 4.90. The third-order valence-electron chi connectivity index (χ3n) is 3.00. The molecule has 1 aromatic heterocycles. The van der Waals surface area contributed by atoms with E-state index in [2.05, 4.69) is 22.1 Å². The average molecular weight is 260 g/mol. The summed E-state index contributed by atoms with van der Waals surface area (Å²) >= 11 is 0. The highest BCUT2D eigenvalue weighted by atomic mass is 16.5. The number of aliphatic hydroxyl groups is 1. The van der Waals surface area contributed by atoms with Crippen LogP contribution in [0.4, 0.5) is 0 Å². The van der Waals surface area contributed by atoms with Gasteiger partial charge in [-0.25, -0.2) is 4.98 Å². The van der Waals surface area contributed by atoms with E-state index in [0.717, 1.165) is 37.9 Å². The van der Waals surface area contributed by atoms with E-state index in [4.69, 9.17) is 9.84 Å². The summed E-state index contributed by atoms with van der Waals surface area (Å²) in [5.41, 5.74) is 0.885. The van der Waals surface area contributed by atoms with Crippen LogP contribution >= 0.6 is 0 Å². The van der Waals surface area contributed by atoms with Gasteiger partial charge in [0.2, 0.25) is 5.88 Å². The van der Waals surface area contributed by atoms with E-state index < -0.39 is 0 Å². The van der Waals surface area contributed by atoms with Crippen molar-refractivity contribution in [3.05, 3.63) is 23.9 Å². The number of aromatic nitrogens is 1. The highest BCUT2D eigenvalue weighted by Crippen LogP contribution is 2.14. The Bertz CT molecular complexity index is 428. The monoisotopic (exact) mass is 260 g/mol. The van der Waals surface area contributed by atoms with Crippen LogP contribution in [0.3, 0.4) is 0 Å². The predicted octanol–water partition coefficient (Wildman–Crippen LogP) is 1.34. The lowest BCUT2D eigenvalue weighted by Gasteiger charge is -2.23. The average Bonchev–Trinajstić information content (AvgIpc) is 2.46. The van der Waals surface area contributed by atoms with Crippen LogP contribution in [0.15, 0.2) is 18.3 Å². The highest BCUT2D eigenvalue weighted by Gasteiger charge is 2.14. The van der Waals surface area contributed by atoms with Crippen molar-refractivity contribution >= 4 is 0 Å². The van der Waals surface area contributed by atoms with E-state index in [-0.39, 0.29) is 12.7 Å². The minimum atomic E-state index is 0.190. The van der Waals surface area contributed by atoms with Crippen LogP contribution in [0.1, 0.15) is 31.2 Å². The van der Waals surface area contributed by atoms with Gasteiger partial charge >= 0.3 is 0 Å². The maximum absolute atomic E-state index is 8.65. The summed E-state index contributed by atoms with van der Waals surface area (Å²) in [6.07, 6.45) is 5.51. The van der Waals surface area contributed by atoms with Gasteiger partial charge in [-0.1, -0.05) is 11.8 Å². The number of ether oxygens (including phenoxy) is 1. The van der Waals surface area contributed by atoms with Gasteiger partial charge in [-0.2, -0.15) is 0 Å².